The maximum atomic E-state index is 5.62. The van der Waals surface area contributed by atoms with Gasteiger partial charge in [-0.3, -0.25) is 0 Å². The van der Waals surface area contributed by atoms with Crippen molar-refractivity contribution in [2.24, 2.45) is 0 Å². The predicted molar refractivity (Wildman–Crippen MR) is 49.4 cm³/mol. The molecular formula is C8H6ClNOS. The molecule has 0 aliphatic carbocycles. The number of alkyl halides is 1. The van der Waals surface area contributed by atoms with Crippen molar-refractivity contribution in [1.29, 1.82) is 0 Å². The topological polar surface area (TPSA) is 26.0 Å². The summed E-state index contributed by atoms with van der Waals surface area (Å²) in [6, 6.07) is 3.73. The van der Waals surface area contributed by atoms with Crippen LogP contribution in [0.25, 0.3) is 10.8 Å². The van der Waals surface area contributed by atoms with Crippen LogP contribution in [-0.2, 0) is 5.88 Å². The molecule has 0 fully saturated rings. The third-order valence-corrected chi connectivity index (χ3v) is 2.60. The first-order valence-corrected chi connectivity index (χ1v) is 4.86. The summed E-state index contributed by atoms with van der Waals surface area (Å²) in [7, 11) is 0. The minimum atomic E-state index is 0.456. The molecule has 2 rings (SSSR count). The highest BCUT2D eigenvalue weighted by Gasteiger charge is 2.05. The van der Waals surface area contributed by atoms with Gasteiger partial charge in [0.1, 0.15) is 0 Å². The summed E-state index contributed by atoms with van der Waals surface area (Å²) in [5.41, 5.74) is 0.896. The lowest BCUT2D eigenvalue weighted by Gasteiger charge is -1.85. The van der Waals surface area contributed by atoms with Gasteiger partial charge in [0.05, 0.1) is 17.8 Å². The van der Waals surface area contributed by atoms with Gasteiger partial charge in [-0.1, -0.05) is 0 Å². The van der Waals surface area contributed by atoms with Crippen LogP contribution in [0.5, 0.6) is 0 Å². The van der Waals surface area contributed by atoms with Crippen LogP contribution in [0.15, 0.2) is 28.2 Å². The van der Waals surface area contributed by atoms with Crippen LogP contribution in [0.2, 0.25) is 0 Å². The van der Waals surface area contributed by atoms with E-state index in [0.717, 1.165) is 16.5 Å². The molecule has 0 aliphatic rings. The van der Waals surface area contributed by atoms with Crippen LogP contribution in [0, 0.1) is 0 Å². The molecular weight excluding hydrogens is 194 g/mol. The summed E-state index contributed by atoms with van der Waals surface area (Å²) in [5, 5.41) is 2.82. The predicted octanol–water partition coefficient (Wildman–Crippen LogP) is 3.14. The van der Waals surface area contributed by atoms with E-state index < -0.39 is 0 Å². The molecule has 62 valence electrons. The normalized spacial score (nSPS) is 10.4. The minimum Gasteiger partial charge on any atom is -0.462 e. The molecule has 2 aromatic heterocycles. The molecule has 0 unspecified atom stereocenters. The molecule has 0 radical (unpaired) electrons. The van der Waals surface area contributed by atoms with E-state index in [4.69, 9.17) is 16.0 Å². The second-order valence-electron chi connectivity index (χ2n) is 2.25. The van der Waals surface area contributed by atoms with Gasteiger partial charge in [0.25, 0.3) is 0 Å². The van der Waals surface area contributed by atoms with Crippen LogP contribution in [0.3, 0.4) is 0 Å². The maximum absolute atomic E-state index is 5.62. The minimum absolute atomic E-state index is 0.456. The summed E-state index contributed by atoms with van der Waals surface area (Å²) in [6.07, 6.45) is 1.64. The maximum Gasteiger partial charge on any atom is 0.162 e. The Bertz CT molecular complexity index is 355. The number of rotatable bonds is 2. The van der Waals surface area contributed by atoms with Crippen LogP contribution >= 0.6 is 22.9 Å². The van der Waals surface area contributed by atoms with Crippen LogP contribution < -0.4 is 0 Å². The first-order chi connectivity index (χ1) is 5.90. The van der Waals surface area contributed by atoms with Crippen molar-refractivity contribution >= 4 is 22.9 Å². The highest BCUT2D eigenvalue weighted by molar-refractivity contribution is 7.13. The number of thiazole rings is 1. The Morgan fingerprint density at radius 3 is 3.08 bits per heavy atom. The summed E-state index contributed by atoms with van der Waals surface area (Å²) in [5.74, 6) is 1.26. The summed E-state index contributed by atoms with van der Waals surface area (Å²) < 4.78 is 5.18. The number of halogens is 1. The van der Waals surface area contributed by atoms with Gasteiger partial charge in [0.2, 0.25) is 0 Å². The van der Waals surface area contributed by atoms with Crippen molar-refractivity contribution in [3.8, 4) is 10.8 Å². The molecule has 12 heavy (non-hydrogen) atoms. The van der Waals surface area contributed by atoms with E-state index in [1.54, 1.807) is 17.6 Å². The Balaban J connectivity index is 2.35. The SMILES string of the molecule is ClCc1csc(-c2ccco2)n1. The quantitative estimate of drug-likeness (QED) is 0.695. The van der Waals surface area contributed by atoms with Gasteiger partial charge in [0.15, 0.2) is 10.8 Å². The van der Waals surface area contributed by atoms with E-state index in [1.807, 2.05) is 17.5 Å². The molecule has 2 aromatic rings. The first kappa shape index (κ1) is 7.83. The van der Waals surface area contributed by atoms with Gasteiger partial charge in [-0.15, -0.1) is 22.9 Å². The Morgan fingerprint density at radius 1 is 1.58 bits per heavy atom. The molecule has 0 atom stereocenters. The van der Waals surface area contributed by atoms with Gasteiger partial charge >= 0.3 is 0 Å². The van der Waals surface area contributed by atoms with Crippen molar-refractivity contribution < 1.29 is 4.42 Å². The van der Waals surface area contributed by atoms with Crippen molar-refractivity contribution in [3.05, 3.63) is 29.5 Å². The van der Waals surface area contributed by atoms with Crippen molar-refractivity contribution in [1.82, 2.24) is 4.98 Å². The highest BCUT2D eigenvalue weighted by atomic mass is 35.5. The third kappa shape index (κ3) is 1.38. The molecule has 0 aliphatic heterocycles. The first-order valence-electron chi connectivity index (χ1n) is 3.44. The fraction of sp³-hybridized carbons (Fsp3) is 0.125. The average Bonchev–Trinajstić information content (AvgIpc) is 2.75. The van der Waals surface area contributed by atoms with Crippen LogP contribution in [0.4, 0.5) is 0 Å². The summed E-state index contributed by atoms with van der Waals surface area (Å²) >= 11 is 7.16. The van der Waals surface area contributed by atoms with Gasteiger partial charge in [-0.2, -0.15) is 0 Å². The zero-order valence-electron chi connectivity index (χ0n) is 6.16. The molecule has 0 N–H and O–H groups in total. The van der Waals surface area contributed by atoms with Crippen LogP contribution in [-0.4, -0.2) is 4.98 Å². The zero-order chi connectivity index (χ0) is 8.39. The fourth-order valence-corrected chi connectivity index (χ4v) is 1.90. The molecule has 2 nitrogen and oxygen atoms in total. The Labute approximate surface area is 78.8 Å². The second kappa shape index (κ2) is 3.29. The summed E-state index contributed by atoms with van der Waals surface area (Å²) in [6.45, 7) is 0. The van der Waals surface area contributed by atoms with Gasteiger partial charge < -0.3 is 4.42 Å². The van der Waals surface area contributed by atoms with E-state index in [2.05, 4.69) is 4.98 Å². The average molecular weight is 200 g/mol. The number of hydrogen-bond donors (Lipinski definition) is 0. The molecule has 0 saturated carbocycles. The molecule has 0 amide bonds. The van der Waals surface area contributed by atoms with E-state index >= 15 is 0 Å². The molecule has 2 heterocycles. The molecule has 0 spiro atoms. The Kier molecular flexibility index (Phi) is 2.15. The molecule has 0 bridgehead atoms. The lowest BCUT2D eigenvalue weighted by atomic mass is 10.5. The molecule has 0 aromatic carbocycles. The van der Waals surface area contributed by atoms with Gasteiger partial charge in [-0.25, -0.2) is 4.98 Å². The second-order valence-corrected chi connectivity index (χ2v) is 3.38. The number of hydrogen-bond acceptors (Lipinski definition) is 3. The standard InChI is InChI=1S/C8H6ClNOS/c9-4-6-5-12-8(10-6)7-2-1-3-11-7/h1-3,5H,4H2. The summed E-state index contributed by atoms with van der Waals surface area (Å²) in [4.78, 5) is 4.26. The lowest BCUT2D eigenvalue weighted by Crippen LogP contribution is -1.76. The lowest BCUT2D eigenvalue weighted by molar-refractivity contribution is 0.581. The van der Waals surface area contributed by atoms with Crippen LogP contribution in [0.1, 0.15) is 5.69 Å². The van der Waals surface area contributed by atoms with Gasteiger partial charge in [0, 0.05) is 5.38 Å². The van der Waals surface area contributed by atoms with Gasteiger partial charge in [-0.05, 0) is 12.1 Å². The van der Waals surface area contributed by atoms with E-state index in [1.165, 1.54) is 0 Å². The smallest absolute Gasteiger partial charge is 0.162 e. The highest BCUT2D eigenvalue weighted by Crippen LogP contribution is 2.24. The van der Waals surface area contributed by atoms with E-state index in [0.29, 0.717) is 5.88 Å². The van der Waals surface area contributed by atoms with E-state index in [-0.39, 0.29) is 0 Å². The fourth-order valence-electron chi connectivity index (χ4n) is 0.882. The monoisotopic (exact) mass is 199 g/mol. The van der Waals surface area contributed by atoms with Crippen molar-refractivity contribution in [3.63, 3.8) is 0 Å². The van der Waals surface area contributed by atoms with Crippen molar-refractivity contribution in [2.45, 2.75) is 5.88 Å². The largest absolute Gasteiger partial charge is 0.462 e. The van der Waals surface area contributed by atoms with Crippen molar-refractivity contribution in [2.75, 3.05) is 0 Å². The van der Waals surface area contributed by atoms with E-state index in [9.17, 15) is 0 Å². The Hall–Kier alpha value is -0.800. The molecule has 4 heteroatoms. The number of furan rings is 1. The number of aromatic nitrogens is 1. The Morgan fingerprint density at radius 2 is 2.50 bits per heavy atom. The zero-order valence-corrected chi connectivity index (χ0v) is 7.73. The number of nitrogens with zero attached hydrogens (tertiary/aromatic N) is 1. The molecule has 0 saturated heterocycles. The third-order valence-electron chi connectivity index (χ3n) is 1.42.